The maximum Gasteiger partial charge on any atom is 0.325 e. The number of carbonyl (C=O) groups is 3. The van der Waals surface area contributed by atoms with Gasteiger partial charge in [0.05, 0.1) is 17.7 Å². The van der Waals surface area contributed by atoms with E-state index in [0.29, 0.717) is 11.1 Å². The highest BCUT2D eigenvalue weighted by Crippen LogP contribution is 2.31. The maximum absolute atomic E-state index is 13.0. The molecular weight excluding hydrogens is 380 g/mol. The summed E-state index contributed by atoms with van der Waals surface area (Å²) in [7, 11) is 0. The Morgan fingerprint density at radius 2 is 1.97 bits per heavy atom. The minimum absolute atomic E-state index is 0.117. The van der Waals surface area contributed by atoms with Gasteiger partial charge in [0.1, 0.15) is 12.1 Å². The summed E-state index contributed by atoms with van der Waals surface area (Å²) in [6.07, 6.45) is 2.78. The second-order valence-corrected chi connectivity index (χ2v) is 7.85. The lowest BCUT2D eigenvalue weighted by molar-refractivity contribution is -0.135. The maximum atomic E-state index is 13.0. The third kappa shape index (κ3) is 3.41. The monoisotopic (exact) mass is 402 g/mol. The van der Waals surface area contributed by atoms with Crippen molar-refractivity contribution in [3.63, 3.8) is 0 Å². The molecule has 2 aromatic carbocycles. The first-order chi connectivity index (χ1) is 14.4. The number of fused-ring (bicyclic) bond motifs is 1. The normalized spacial score (nSPS) is 22.8. The van der Waals surface area contributed by atoms with Gasteiger partial charge in [0.25, 0.3) is 5.91 Å². The van der Waals surface area contributed by atoms with Crippen molar-refractivity contribution in [2.45, 2.75) is 37.8 Å². The summed E-state index contributed by atoms with van der Waals surface area (Å²) in [6, 6.07) is 15.8. The molecule has 0 spiro atoms. The van der Waals surface area contributed by atoms with Crippen molar-refractivity contribution in [2.24, 2.45) is 0 Å². The summed E-state index contributed by atoms with van der Waals surface area (Å²) < 4.78 is 0. The highest BCUT2D eigenvalue weighted by atomic mass is 16.2. The molecule has 2 N–H and O–H groups in total. The molecule has 1 saturated heterocycles. The van der Waals surface area contributed by atoms with Gasteiger partial charge in [0.15, 0.2) is 0 Å². The van der Waals surface area contributed by atoms with Crippen LogP contribution in [0.1, 0.15) is 48.1 Å². The predicted octanol–water partition coefficient (Wildman–Crippen LogP) is 2.52. The van der Waals surface area contributed by atoms with Crippen LogP contribution in [0.15, 0.2) is 48.5 Å². The van der Waals surface area contributed by atoms with E-state index in [4.69, 9.17) is 5.26 Å². The fraction of sp³-hybridized carbons (Fsp3) is 0.304. The predicted molar refractivity (Wildman–Crippen MR) is 109 cm³/mol. The third-order valence-electron chi connectivity index (χ3n) is 5.87. The van der Waals surface area contributed by atoms with E-state index >= 15 is 0 Å². The lowest BCUT2D eigenvalue weighted by Crippen LogP contribution is -2.44. The van der Waals surface area contributed by atoms with Crippen LogP contribution in [0.3, 0.4) is 0 Å². The summed E-state index contributed by atoms with van der Waals surface area (Å²) in [5.41, 5.74) is 2.06. The minimum atomic E-state index is -1.28. The van der Waals surface area contributed by atoms with E-state index in [1.807, 2.05) is 24.3 Å². The molecule has 0 saturated carbocycles. The van der Waals surface area contributed by atoms with Crippen molar-refractivity contribution in [1.29, 1.82) is 5.26 Å². The topological polar surface area (TPSA) is 102 Å². The average molecular weight is 402 g/mol. The number of hydrogen-bond donors (Lipinski definition) is 2. The van der Waals surface area contributed by atoms with Crippen LogP contribution in [-0.2, 0) is 21.5 Å². The van der Waals surface area contributed by atoms with Crippen molar-refractivity contribution < 1.29 is 14.4 Å². The number of nitriles is 1. The van der Waals surface area contributed by atoms with Gasteiger partial charge in [-0.25, -0.2) is 4.79 Å². The molecule has 4 amide bonds. The van der Waals surface area contributed by atoms with Crippen LogP contribution in [0.5, 0.6) is 0 Å². The highest BCUT2D eigenvalue weighted by Gasteiger charge is 2.49. The van der Waals surface area contributed by atoms with Crippen LogP contribution in [0, 0.1) is 11.3 Å². The van der Waals surface area contributed by atoms with E-state index in [2.05, 4.69) is 16.7 Å². The highest BCUT2D eigenvalue weighted by molar-refractivity contribution is 6.09. The van der Waals surface area contributed by atoms with E-state index in [0.717, 1.165) is 29.7 Å². The summed E-state index contributed by atoms with van der Waals surface area (Å²) in [5.74, 6) is -0.860. The van der Waals surface area contributed by atoms with Crippen LogP contribution in [0.2, 0.25) is 0 Å². The number of rotatable bonds is 4. The van der Waals surface area contributed by atoms with Crippen LogP contribution in [-0.4, -0.2) is 29.3 Å². The van der Waals surface area contributed by atoms with Gasteiger partial charge in [0, 0.05) is 0 Å². The summed E-state index contributed by atoms with van der Waals surface area (Å²) in [4.78, 5) is 39.1. The summed E-state index contributed by atoms with van der Waals surface area (Å²) >= 11 is 0. The Kier molecular flexibility index (Phi) is 5.00. The molecule has 7 nitrogen and oxygen atoms in total. The smallest absolute Gasteiger partial charge is 0.325 e. The second kappa shape index (κ2) is 7.64. The number of amides is 4. The van der Waals surface area contributed by atoms with Crippen molar-refractivity contribution in [3.8, 4) is 6.07 Å². The fourth-order valence-electron chi connectivity index (χ4n) is 4.20. The summed E-state index contributed by atoms with van der Waals surface area (Å²) in [6.45, 7) is 1.26. The molecule has 2 unspecified atom stereocenters. The molecule has 30 heavy (non-hydrogen) atoms. The number of nitrogens with one attached hydrogen (secondary N) is 2. The van der Waals surface area contributed by atoms with E-state index < -0.39 is 17.5 Å². The third-order valence-corrected chi connectivity index (χ3v) is 5.87. The number of carbonyl (C=O) groups excluding carboxylic acids is 3. The molecule has 0 radical (unpaired) electrons. The molecule has 0 bridgehead atoms. The van der Waals surface area contributed by atoms with Crippen molar-refractivity contribution in [2.75, 3.05) is 6.54 Å². The molecule has 1 aliphatic heterocycles. The molecule has 152 valence electrons. The molecule has 1 fully saturated rings. The lowest BCUT2D eigenvalue weighted by Gasteiger charge is -2.27. The molecule has 2 atom stereocenters. The Labute approximate surface area is 174 Å². The molecule has 2 aromatic rings. The second-order valence-electron chi connectivity index (χ2n) is 7.85. The molecule has 2 aliphatic rings. The molecule has 7 heteroatoms. The molecule has 1 aliphatic carbocycles. The number of urea groups is 1. The quantitative estimate of drug-likeness (QED) is 0.767. The Balaban J connectivity index is 1.47. The van der Waals surface area contributed by atoms with E-state index in [9.17, 15) is 14.4 Å². The molecule has 4 rings (SSSR count). The van der Waals surface area contributed by atoms with E-state index in [-0.39, 0.29) is 18.5 Å². The van der Waals surface area contributed by atoms with Crippen LogP contribution in [0.4, 0.5) is 4.79 Å². The van der Waals surface area contributed by atoms with E-state index in [1.54, 1.807) is 31.2 Å². The number of imide groups is 1. The molecule has 1 heterocycles. The number of benzene rings is 2. The van der Waals surface area contributed by atoms with Gasteiger partial charge in [-0.15, -0.1) is 0 Å². The Hall–Kier alpha value is -3.66. The number of nitrogens with zero attached hydrogens (tertiary/aromatic N) is 2. The van der Waals surface area contributed by atoms with Gasteiger partial charge in [0.2, 0.25) is 5.91 Å². The van der Waals surface area contributed by atoms with Crippen LogP contribution >= 0.6 is 0 Å². The molecule has 0 aromatic heterocycles. The first-order valence-electron chi connectivity index (χ1n) is 9.94. The first kappa shape index (κ1) is 19.6. The fourth-order valence-corrected chi connectivity index (χ4v) is 4.20. The Morgan fingerprint density at radius 1 is 1.23 bits per heavy atom. The SMILES string of the molecule is CC1(c2ccc(C#N)cc2)NC(=O)N(CC(=O)NC2CCCc3ccccc32)C1=O. The minimum Gasteiger partial charge on any atom is -0.348 e. The lowest BCUT2D eigenvalue weighted by atomic mass is 9.88. The van der Waals surface area contributed by atoms with Crippen molar-refractivity contribution in [1.82, 2.24) is 15.5 Å². The van der Waals surface area contributed by atoms with Gasteiger partial charge < -0.3 is 10.6 Å². The van der Waals surface area contributed by atoms with Gasteiger partial charge >= 0.3 is 6.03 Å². The zero-order valence-corrected chi connectivity index (χ0v) is 16.6. The van der Waals surface area contributed by atoms with Crippen LogP contribution < -0.4 is 10.6 Å². The van der Waals surface area contributed by atoms with E-state index in [1.165, 1.54) is 5.56 Å². The number of aryl methyl sites for hydroxylation is 1. The van der Waals surface area contributed by atoms with Gasteiger partial charge in [-0.1, -0.05) is 36.4 Å². The van der Waals surface area contributed by atoms with Gasteiger partial charge in [-0.2, -0.15) is 5.26 Å². The van der Waals surface area contributed by atoms with Gasteiger partial charge in [-0.05, 0) is 55.0 Å². The zero-order chi connectivity index (χ0) is 21.3. The van der Waals surface area contributed by atoms with Crippen molar-refractivity contribution in [3.05, 3.63) is 70.8 Å². The Morgan fingerprint density at radius 3 is 2.70 bits per heavy atom. The van der Waals surface area contributed by atoms with Gasteiger partial charge in [-0.3, -0.25) is 14.5 Å². The average Bonchev–Trinajstić information content (AvgIpc) is 2.98. The standard InChI is InChI=1S/C23H22N4O3/c1-23(17-11-9-15(13-24)10-12-17)21(29)27(22(30)26-23)14-20(28)25-19-8-4-6-16-5-2-3-7-18(16)19/h2-3,5,7,9-12,19H,4,6,8,14H2,1H3,(H,25,28)(H,26,30). The largest absolute Gasteiger partial charge is 0.348 e. The van der Waals surface area contributed by atoms with Crippen molar-refractivity contribution >= 4 is 17.8 Å². The summed E-state index contributed by atoms with van der Waals surface area (Å²) in [5, 5.41) is 14.6. The number of hydrogen-bond acceptors (Lipinski definition) is 4. The molecular formula is C23H22N4O3. The zero-order valence-electron chi connectivity index (χ0n) is 16.6. The Bertz CT molecular complexity index is 1060. The van der Waals surface area contributed by atoms with Crippen LogP contribution in [0.25, 0.3) is 0 Å². The first-order valence-corrected chi connectivity index (χ1v) is 9.94.